The Labute approximate surface area is 205 Å². The van der Waals surface area contributed by atoms with Crippen LogP contribution in [-0.4, -0.2) is 54.5 Å². The van der Waals surface area contributed by atoms with Crippen LogP contribution >= 0.6 is 0 Å². The van der Waals surface area contributed by atoms with Crippen molar-refractivity contribution in [1.29, 1.82) is 0 Å². The summed E-state index contributed by atoms with van der Waals surface area (Å²) in [7, 11) is 0. The third-order valence-electron chi connectivity index (χ3n) is 7.05. The Hall–Kier alpha value is -4.41. The van der Waals surface area contributed by atoms with E-state index in [0.717, 1.165) is 30.4 Å². The first-order chi connectivity index (χ1) is 17.5. The molecular weight excluding hydrogens is 462 g/mol. The van der Waals surface area contributed by atoms with Crippen molar-refractivity contribution in [2.75, 3.05) is 0 Å². The van der Waals surface area contributed by atoms with E-state index in [2.05, 4.69) is 25.9 Å². The van der Waals surface area contributed by atoms with Crippen LogP contribution < -0.4 is 10.6 Å². The second-order valence-electron chi connectivity index (χ2n) is 9.26. The van der Waals surface area contributed by atoms with Crippen LogP contribution in [0.25, 0.3) is 5.69 Å². The Morgan fingerprint density at radius 1 is 1.11 bits per heavy atom. The molecule has 182 valence electrons. The first-order valence-electron chi connectivity index (χ1n) is 11.9. The molecule has 2 N–H and O–H groups in total. The normalized spacial score (nSPS) is 18.7. The number of hydrogen-bond acceptors (Lipinski definition) is 7. The number of rotatable bonds is 5. The molecule has 1 fully saturated rings. The Morgan fingerprint density at radius 3 is 2.86 bits per heavy atom. The number of aryl methyl sites for hydroxylation is 1. The average molecular weight is 486 g/mol. The summed E-state index contributed by atoms with van der Waals surface area (Å²) >= 11 is 0. The van der Waals surface area contributed by atoms with E-state index in [1.54, 1.807) is 30.6 Å². The molecule has 2 aliphatic heterocycles. The zero-order valence-electron chi connectivity index (χ0n) is 19.4. The van der Waals surface area contributed by atoms with Gasteiger partial charge in [0.25, 0.3) is 11.8 Å². The molecule has 3 aromatic rings. The minimum atomic E-state index is -0.672. The maximum absolute atomic E-state index is 12.9. The topological polar surface area (TPSA) is 139 Å². The fraction of sp³-hybridized carbons (Fsp3) is 0.320. The van der Waals surface area contributed by atoms with Gasteiger partial charge in [0, 0.05) is 37.5 Å². The zero-order valence-corrected chi connectivity index (χ0v) is 19.4. The lowest BCUT2D eigenvalue weighted by Gasteiger charge is -2.29. The number of aromatic nitrogens is 4. The van der Waals surface area contributed by atoms with Gasteiger partial charge >= 0.3 is 0 Å². The Bertz CT molecular complexity index is 1430. The molecule has 0 bridgehead atoms. The molecule has 36 heavy (non-hydrogen) atoms. The van der Waals surface area contributed by atoms with E-state index in [9.17, 15) is 19.2 Å². The number of nitrogens with zero attached hydrogens (tertiary/aromatic N) is 5. The van der Waals surface area contributed by atoms with E-state index < -0.39 is 11.9 Å². The van der Waals surface area contributed by atoms with Crippen molar-refractivity contribution in [3.63, 3.8) is 0 Å². The monoisotopic (exact) mass is 485 g/mol. The van der Waals surface area contributed by atoms with Gasteiger partial charge in [-0.2, -0.15) is 0 Å². The molecule has 1 aliphatic carbocycles. The number of benzene rings is 1. The molecule has 1 atom stereocenters. The first-order valence-corrected chi connectivity index (χ1v) is 11.9. The van der Waals surface area contributed by atoms with Crippen molar-refractivity contribution < 1.29 is 19.2 Å². The number of fused-ring (bicyclic) bond motifs is 2. The van der Waals surface area contributed by atoms with Crippen LogP contribution in [0.3, 0.4) is 0 Å². The molecule has 6 rings (SSSR count). The molecule has 4 heterocycles. The SMILES string of the molecule is O=C1CCC(N2Cc3cc(-n4cc(C(=O)NCc5cncc6c5CCC6)nn4)ccc3C2=O)C(=O)N1. The van der Waals surface area contributed by atoms with Gasteiger partial charge in [0.2, 0.25) is 11.8 Å². The summed E-state index contributed by atoms with van der Waals surface area (Å²) in [5, 5.41) is 13.3. The summed E-state index contributed by atoms with van der Waals surface area (Å²) in [5.74, 6) is -1.35. The second kappa shape index (κ2) is 8.67. The van der Waals surface area contributed by atoms with Crippen molar-refractivity contribution in [2.24, 2.45) is 0 Å². The quantitative estimate of drug-likeness (QED) is 0.511. The highest BCUT2D eigenvalue weighted by Gasteiger charge is 2.39. The molecule has 1 aromatic carbocycles. The largest absolute Gasteiger partial charge is 0.346 e. The predicted octanol–water partition coefficient (Wildman–Crippen LogP) is 0.842. The van der Waals surface area contributed by atoms with Crippen molar-refractivity contribution >= 4 is 23.6 Å². The number of amides is 4. The molecule has 11 nitrogen and oxygen atoms in total. The molecule has 1 saturated heterocycles. The lowest BCUT2D eigenvalue weighted by Crippen LogP contribution is -2.52. The number of pyridine rings is 1. The standard InChI is InChI=1S/C25H23N7O4/c33-22-7-6-21(24(35)28-22)31-12-15-8-17(4-5-19(15)25(31)36)32-13-20(29-30-32)23(34)27-11-16-10-26-9-14-2-1-3-18(14)16/h4-5,8-10,13,21H,1-3,6-7,11-12H2,(H,27,34)(H,28,33,35). The first kappa shape index (κ1) is 22.1. The minimum absolute atomic E-state index is 0.178. The molecule has 3 aliphatic rings. The summed E-state index contributed by atoms with van der Waals surface area (Å²) in [5.41, 5.74) is 5.61. The zero-order chi connectivity index (χ0) is 24.8. The lowest BCUT2D eigenvalue weighted by atomic mass is 10.0. The van der Waals surface area contributed by atoms with E-state index in [-0.39, 0.29) is 36.4 Å². The summed E-state index contributed by atoms with van der Waals surface area (Å²) in [6.45, 7) is 0.630. The van der Waals surface area contributed by atoms with Gasteiger partial charge in [-0.3, -0.25) is 29.5 Å². The van der Waals surface area contributed by atoms with Gasteiger partial charge in [-0.1, -0.05) is 5.21 Å². The van der Waals surface area contributed by atoms with Gasteiger partial charge in [-0.25, -0.2) is 4.68 Å². The second-order valence-corrected chi connectivity index (χ2v) is 9.26. The van der Waals surface area contributed by atoms with Gasteiger partial charge in [-0.15, -0.1) is 5.10 Å². The van der Waals surface area contributed by atoms with E-state index in [1.165, 1.54) is 20.7 Å². The molecule has 1 unspecified atom stereocenters. The Balaban J connectivity index is 1.15. The number of carbonyl (C=O) groups excluding carboxylic acids is 4. The summed E-state index contributed by atoms with van der Waals surface area (Å²) in [6, 6.07) is 4.53. The highest BCUT2D eigenvalue weighted by atomic mass is 16.2. The number of carbonyl (C=O) groups is 4. The summed E-state index contributed by atoms with van der Waals surface area (Å²) in [4.78, 5) is 55.1. The molecule has 0 radical (unpaired) electrons. The van der Waals surface area contributed by atoms with Crippen LogP contribution in [0.2, 0.25) is 0 Å². The van der Waals surface area contributed by atoms with Crippen molar-refractivity contribution in [3.8, 4) is 5.69 Å². The van der Waals surface area contributed by atoms with E-state index in [1.807, 2.05) is 6.20 Å². The van der Waals surface area contributed by atoms with Gasteiger partial charge < -0.3 is 10.2 Å². The molecule has 0 spiro atoms. The van der Waals surface area contributed by atoms with Crippen LogP contribution in [0.1, 0.15) is 62.4 Å². The number of nitrogens with one attached hydrogen (secondary N) is 2. The fourth-order valence-electron chi connectivity index (χ4n) is 5.19. The highest BCUT2D eigenvalue weighted by Crippen LogP contribution is 2.29. The van der Waals surface area contributed by atoms with Gasteiger partial charge in [0.15, 0.2) is 5.69 Å². The van der Waals surface area contributed by atoms with Gasteiger partial charge in [0.05, 0.1) is 11.9 Å². The van der Waals surface area contributed by atoms with Crippen LogP contribution in [0.15, 0.2) is 36.8 Å². The van der Waals surface area contributed by atoms with Gasteiger partial charge in [0.1, 0.15) is 6.04 Å². The fourth-order valence-corrected chi connectivity index (χ4v) is 5.19. The number of piperidine rings is 1. The average Bonchev–Trinajstić information content (AvgIpc) is 3.62. The van der Waals surface area contributed by atoms with Crippen molar-refractivity contribution in [1.82, 2.24) is 35.5 Å². The van der Waals surface area contributed by atoms with Crippen LogP contribution in [0.5, 0.6) is 0 Å². The summed E-state index contributed by atoms with van der Waals surface area (Å²) in [6.07, 6.45) is 8.87. The van der Waals surface area contributed by atoms with Crippen LogP contribution in [-0.2, 0) is 35.5 Å². The maximum atomic E-state index is 12.9. The van der Waals surface area contributed by atoms with Crippen LogP contribution in [0.4, 0.5) is 0 Å². The van der Waals surface area contributed by atoms with E-state index in [0.29, 0.717) is 24.2 Å². The van der Waals surface area contributed by atoms with E-state index >= 15 is 0 Å². The Morgan fingerprint density at radius 2 is 2.00 bits per heavy atom. The smallest absolute Gasteiger partial charge is 0.273 e. The molecule has 0 saturated carbocycles. The molecular formula is C25H23N7O4. The van der Waals surface area contributed by atoms with Crippen LogP contribution in [0, 0.1) is 0 Å². The molecule has 11 heteroatoms. The van der Waals surface area contributed by atoms with Crippen molar-refractivity contribution in [2.45, 2.75) is 51.2 Å². The van der Waals surface area contributed by atoms with E-state index in [4.69, 9.17) is 0 Å². The van der Waals surface area contributed by atoms with Crippen molar-refractivity contribution in [3.05, 3.63) is 70.3 Å². The van der Waals surface area contributed by atoms with Gasteiger partial charge in [-0.05, 0) is 66.1 Å². The predicted molar refractivity (Wildman–Crippen MR) is 125 cm³/mol. The number of imide groups is 1. The summed E-state index contributed by atoms with van der Waals surface area (Å²) < 4.78 is 1.48. The molecule has 4 amide bonds. The maximum Gasteiger partial charge on any atom is 0.273 e. The third kappa shape index (κ3) is 3.82. The molecule has 2 aromatic heterocycles. The Kier molecular flexibility index (Phi) is 5.32. The third-order valence-corrected chi connectivity index (χ3v) is 7.05. The highest BCUT2D eigenvalue weighted by molar-refractivity contribution is 6.05. The minimum Gasteiger partial charge on any atom is -0.346 e. The number of hydrogen-bond donors (Lipinski definition) is 2. The lowest BCUT2D eigenvalue weighted by molar-refractivity contribution is -0.136.